The van der Waals surface area contributed by atoms with Crippen LogP contribution in [0.15, 0.2) is 40.6 Å². The van der Waals surface area contributed by atoms with Crippen LogP contribution in [-0.2, 0) is 10.0 Å². The molecule has 0 radical (unpaired) electrons. The molecular formula is C18H21N3O4S2. The van der Waals surface area contributed by atoms with Gasteiger partial charge in [-0.05, 0) is 43.2 Å². The molecule has 2 aromatic rings. The second-order valence-electron chi connectivity index (χ2n) is 6.89. The molecule has 3 heterocycles. The van der Waals surface area contributed by atoms with E-state index in [9.17, 15) is 18.5 Å². The number of nitro benzene ring substituents is 1. The highest BCUT2D eigenvalue weighted by molar-refractivity contribution is 7.89. The number of hydrogen-bond acceptors (Lipinski definition) is 6. The minimum atomic E-state index is -3.76. The fraction of sp³-hybridized carbons (Fsp3) is 0.444. The normalized spacial score (nSPS) is 21.0. The molecule has 0 amide bonds. The molecule has 0 saturated carbocycles. The second kappa shape index (κ2) is 7.21. The molecule has 7 nitrogen and oxygen atoms in total. The summed E-state index contributed by atoms with van der Waals surface area (Å²) in [5, 5.41) is 13.3. The van der Waals surface area contributed by atoms with Crippen molar-refractivity contribution in [2.75, 3.05) is 24.5 Å². The van der Waals surface area contributed by atoms with Crippen molar-refractivity contribution >= 4 is 32.7 Å². The molecule has 0 aliphatic carbocycles. The van der Waals surface area contributed by atoms with E-state index in [1.54, 1.807) is 17.4 Å². The van der Waals surface area contributed by atoms with Gasteiger partial charge in [0.15, 0.2) is 0 Å². The maximum atomic E-state index is 13.3. The lowest BCUT2D eigenvalue weighted by molar-refractivity contribution is -0.385. The van der Waals surface area contributed by atoms with Crippen LogP contribution in [0.25, 0.3) is 0 Å². The maximum absolute atomic E-state index is 13.3. The summed E-state index contributed by atoms with van der Waals surface area (Å²) in [5.74, 6) is 0. The molecule has 4 rings (SSSR count). The van der Waals surface area contributed by atoms with Gasteiger partial charge in [0, 0.05) is 36.6 Å². The predicted molar refractivity (Wildman–Crippen MR) is 105 cm³/mol. The number of nitro groups is 1. The molecule has 2 fully saturated rings. The number of nitrogens with zero attached hydrogens (tertiary/aromatic N) is 3. The summed E-state index contributed by atoms with van der Waals surface area (Å²) in [6, 6.07) is 8.41. The Morgan fingerprint density at radius 3 is 2.56 bits per heavy atom. The van der Waals surface area contributed by atoms with Crippen LogP contribution in [0.5, 0.6) is 0 Å². The molecule has 2 aliphatic rings. The number of hydrogen-bond donors (Lipinski definition) is 0. The number of anilines is 1. The van der Waals surface area contributed by atoms with E-state index in [1.807, 2.05) is 11.4 Å². The van der Waals surface area contributed by atoms with E-state index in [2.05, 4.69) is 11.0 Å². The van der Waals surface area contributed by atoms with Crippen molar-refractivity contribution in [1.82, 2.24) is 4.31 Å². The van der Waals surface area contributed by atoms with Crippen LogP contribution in [0.3, 0.4) is 0 Å². The van der Waals surface area contributed by atoms with Gasteiger partial charge in [0.1, 0.15) is 4.90 Å². The largest absolute Gasteiger partial charge is 0.363 e. The quantitative estimate of drug-likeness (QED) is 0.556. The third-order valence-electron chi connectivity index (χ3n) is 5.27. The highest BCUT2D eigenvalue weighted by Crippen LogP contribution is 2.42. The Bertz CT molecular complexity index is 938. The topological polar surface area (TPSA) is 83.8 Å². The summed E-state index contributed by atoms with van der Waals surface area (Å²) in [4.78, 5) is 14.1. The van der Waals surface area contributed by atoms with E-state index in [-0.39, 0.29) is 16.6 Å². The van der Waals surface area contributed by atoms with Crippen molar-refractivity contribution in [2.45, 2.75) is 36.6 Å². The second-order valence-corrected chi connectivity index (χ2v) is 9.77. The lowest BCUT2D eigenvalue weighted by atomic mass is 10.1. The summed E-state index contributed by atoms with van der Waals surface area (Å²) in [6.45, 7) is 1.68. The van der Waals surface area contributed by atoms with Crippen LogP contribution < -0.4 is 4.90 Å². The van der Waals surface area contributed by atoms with Crippen molar-refractivity contribution < 1.29 is 13.3 Å². The van der Waals surface area contributed by atoms with Gasteiger partial charge >= 0.3 is 0 Å². The third-order valence-corrected chi connectivity index (χ3v) is 8.17. The molecule has 2 saturated heterocycles. The minimum Gasteiger partial charge on any atom is -0.363 e. The molecule has 1 atom stereocenters. The number of rotatable bonds is 5. The first-order valence-corrected chi connectivity index (χ1v) is 11.4. The Hall–Kier alpha value is -1.97. The summed E-state index contributed by atoms with van der Waals surface area (Å²) in [7, 11) is -3.76. The first-order valence-electron chi connectivity index (χ1n) is 9.07. The monoisotopic (exact) mass is 407 g/mol. The predicted octanol–water partition coefficient (Wildman–Crippen LogP) is 3.78. The molecule has 1 aromatic heterocycles. The first kappa shape index (κ1) is 18.4. The fourth-order valence-corrected chi connectivity index (χ4v) is 6.57. The molecule has 0 N–H and O–H groups in total. The van der Waals surface area contributed by atoms with Crippen molar-refractivity contribution in [3.63, 3.8) is 0 Å². The third kappa shape index (κ3) is 3.35. The standard InChI is InChI=1S/C18H21N3O4S2/c22-21(23)14-7-8-16(18(13-14)27(24,25)19-9-1-2-10-19)20-11-3-5-15(20)17-6-4-12-26-17/h4,6-8,12-13,15H,1-3,5,9-11H2. The van der Waals surface area contributed by atoms with Gasteiger partial charge in [0.2, 0.25) is 10.0 Å². The van der Waals surface area contributed by atoms with Crippen molar-refractivity contribution in [3.8, 4) is 0 Å². The van der Waals surface area contributed by atoms with Crippen LogP contribution in [-0.4, -0.2) is 37.3 Å². The molecule has 2 aliphatic heterocycles. The van der Waals surface area contributed by atoms with Crippen LogP contribution in [0.4, 0.5) is 11.4 Å². The van der Waals surface area contributed by atoms with Crippen LogP contribution in [0.2, 0.25) is 0 Å². The molecule has 144 valence electrons. The van der Waals surface area contributed by atoms with E-state index in [0.29, 0.717) is 18.8 Å². The van der Waals surface area contributed by atoms with Crippen LogP contribution >= 0.6 is 11.3 Å². The smallest absolute Gasteiger partial charge is 0.270 e. The van der Waals surface area contributed by atoms with E-state index in [1.165, 1.54) is 21.3 Å². The molecular weight excluding hydrogens is 386 g/mol. The minimum absolute atomic E-state index is 0.0575. The average Bonchev–Trinajstić information content (AvgIpc) is 3.43. The van der Waals surface area contributed by atoms with Gasteiger partial charge in [-0.15, -0.1) is 11.3 Å². The first-order chi connectivity index (χ1) is 13.0. The molecule has 1 aromatic carbocycles. The van der Waals surface area contributed by atoms with Crippen molar-refractivity contribution in [2.24, 2.45) is 0 Å². The Kier molecular flexibility index (Phi) is 4.92. The number of benzene rings is 1. The highest BCUT2D eigenvalue weighted by atomic mass is 32.2. The van der Waals surface area contributed by atoms with Crippen molar-refractivity contribution in [1.29, 1.82) is 0 Å². The lowest BCUT2D eigenvalue weighted by Gasteiger charge is -2.29. The van der Waals surface area contributed by atoms with Gasteiger partial charge in [-0.2, -0.15) is 4.31 Å². The van der Waals surface area contributed by atoms with Gasteiger partial charge in [0.05, 0.1) is 16.7 Å². The summed E-state index contributed by atoms with van der Waals surface area (Å²) in [6.07, 6.45) is 3.56. The highest BCUT2D eigenvalue weighted by Gasteiger charge is 2.35. The zero-order valence-corrected chi connectivity index (χ0v) is 16.4. The number of sulfonamides is 1. The van der Waals surface area contributed by atoms with Gasteiger partial charge in [-0.25, -0.2) is 8.42 Å². The van der Waals surface area contributed by atoms with E-state index < -0.39 is 14.9 Å². The zero-order chi connectivity index (χ0) is 19.0. The molecule has 9 heteroatoms. The Morgan fingerprint density at radius 1 is 1.11 bits per heavy atom. The fourth-order valence-electron chi connectivity index (χ4n) is 3.96. The molecule has 27 heavy (non-hydrogen) atoms. The van der Waals surface area contributed by atoms with Gasteiger partial charge in [-0.3, -0.25) is 10.1 Å². The Balaban J connectivity index is 1.81. The summed E-state index contributed by atoms with van der Waals surface area (Å²) < 4.78 is 28.0. The van der Waals surface area contributed by atoms with E-state index >= 15 is 0 Å². The summed E-state index contributed by atoms with van der Waals surface area (Å²) in [5.41, 5.74) is 0.381. The zero-order valence-electron chi connectivity index (χ0n) is 14.8. The molecule has 1 unspecified atom stereocenters. The SMILES string of the molecule is O=[N+]([O-])c1ccc(N2CCCC2c2cccs2)c(S(=O)(=O)N2CCCC2)c1. The van der Waals surface area contributed by atoms with Crippen molar-refractivity contribution in [3.05, 3.63) is 50.7 Å². The molecule has 0 spiro atoms. The number of non-ortho nitro benzene ring substituents is 1. The molecule has 0 bridgehead atoms. The average molecular weight is 408 g/mol. The van der Waals surface area contributed by atoms with E-state index in [4.69, 9.17) is 0 Å². The summed E-state index contributed by atoms with van der Waals surface area (Å²) >= 11 is 1.66. The Labute approximate surface area is 162 Å². The van der Waals surface area contributed by atoms with E-state index in [0.717, 1.165) is 32.2 Å². The Morgan fingerprint density at radius 2 is 1.89 bits per heavy atom. The van der Waals surface area contributed by atoms with Gasteiger partial charge < -0.3 is 4.90 Å². The van der Waals surface area contributed by atoms with Gasteiger partial charge in [0.25, 0.3) is 5.69 Å². The maximum Gasteiger partial charge on any atom is 0.270 e. The lowest BCUT2D eigenvalue weighted by Crippen LogP contribution is -2.31. The van der Waals surface area contributed by atoms with Gasteiger partial charge in [-0.1, -0.05) is 6.07 Å². The van der Waals surface area contributed by atoms with Crippen LogP contribution in [0.1, 0.15) is 36.6 Å². The van der Waals surface area contributed by atoms with Crippen LogP contribution in [0, 0.1) is 10.1 Å². The number of thiophene rings is 1.